The number of nitrogens with zero attached hydrogens (tertiary/aromatic N) is 1. The molecule has 1 unspecified atom stereocenters. The fraction of sp³-hybridized carbons (Fsp3) is 0.136. The fourth-order valence-electron chi connectivity index (χ4n) is 2.85. The first-order valence-electron chi connectivity index (χ1n) is 8.99. The third kappa shape index (κ3) is 4.78. The Kier molecular flexibility index (Phi) is 6.25. The van der Waals surface area contributed by atoms with Gasteiger partial charge in [-0.1, -0.05) is 48.0 Å². The molecule has 3 aromatic rings. The average molecular weight is 429 g/mol. The Morgan fingerprint density at radius 2 is 1.62 bits per heavy atom. The molecule has 1 amide bonds. The van der Waals surface area contributed by atoms with Crippen molar-refractivity contribution in [2.24, 2.45) is 0 Å². The Morgan fingerprint density at radius 1 is 0.966 bits per heavy atom. The molecule has 3 rings (SSSR count). The molecule has 3 aromatic carbocycles. The number of anilines is 1. The van der Waals surface area contributed by atoms with Crippen LogP contribution in [0, 0.1) is 0 Å². The first-order valence-corrected chi connectivity index (χ1v) is 10.8. The van der Waals surface area contributed by atoms with Crippen LogP contribution in [0.2, 0.25) is 5.02 Å². The number of benzene rings is 3. The van der Waals surface area contributed by atoms with Gasteiger partial charge in [0.15, 0.2) is 0 Å². The van der Waals surface area contributed by atoms with Crippen molar-refractivity contribution in [1.82, 2.24) is 5.32 Å². The van der Waals surface area contributed by atoms with E-state index in [1.54, 1.807) is 48.5 Å². The highest BCUT2D eigenvalue weighted by Gasteiger charge is 2.22. The number of hydrogen-bond donors (Lipinski definition) is 1. The van der Waals surface area contributed by atoms with E-state index in [2.05, 4.69) is 5.32 Å². The summed E-state index contributed by atoms with van der Waals surface area (Å²) >= 11 is 5.90. The molecule has 0 aliphatic carbocycles. The number of para-hydroxylation sites is 1. The van der Waals surface area contributed by atoms with Crippen molar-refractivity contribution in [2.75, 3.05) is 11.4 Å². The van der Waals surface area contributed by atoms with Crippen LogP contribution in [0.15, 0.2) is 83.8 Å². The fourth-order valence-corrected chi connectivity index (χ4v) is 4.22. The van der Waals surface area contributed by atoms with Crippen LogP contribution < -0.4 is 9.62 Å². The maximum absolute atomic E-state index is 13.0. The lowest BCUT2D eigenvalue weighted by atomic mass is 10.1. The molecule has 150 valence electrons. The van der Waals surface area contributed by atoms with E-state index < -0.39 is 10.0 Å². The number of halogens is 1. The molecule has 0 saturated heterocycles. The Bertz CT molecular complexity index is 1100. The lowest BCUT2D eigenvalue weighted by molar-refractivity contribution is 0.0939. The van der Waals surface area contributed by atoms with Gasteiger partial charge < -0.3 is 5.32 Å². The van der Waals surface area contributed by atoms with E-state index in [9.17, 15) is 13.2 Å². The van der Waals surface area contributed by atoms with Crippen molar-refractivity contribution in [3.8, 4) is 0 Å². The topological polar surface area (TPSA) is 66.5 Å². The van der Waals surface area contributed by atoms with E-state index in [1.807, 2.05) is 25.1 Å². The van der Waals surface area contributed by atoms with Gasteiger partial charge in [0.05, 0.1) is 16.6 Å². The van der Waals surface area contributed by atoms with Crippen molar-refractivity contribution in [3.63, 3.8) is 0 Å². The molecule has 1 N–H and O–H groups in total. The number of carbonyl (C=O) groups is 1. The van der Waals surface area contributed by atoms with Gasteiger partial charge in [0.2, 0.25) is 0 Å². The Hall–Kier alpha value is -2.83. The zero-order valence-electron chi connectivity index (χ0n) is 16.0. The van der Waals surface area contributed by atoms with E-state index in [0.717, 1.165) is 5.56 Å². The van der Waals surface area contributed by atoms with Crippen LogP contribution in [0.4, 0.5) is 5.69 Å². The van der Waals surface area contributed by atoms with Gasteiger partial charge in [0.25, 0.3) is 15.9 Å². The van der Waals surface area contributed by atoms with Crippen LogP contribution in [0.5, 0.6) is 0 Å². The highest BCUT2D eigenvalue weighted by atomic mass is 35.5. The van der Waals surface area contributed by atoms with Crippen LogP contribution in [-0.2, 0) is 10.0 Å². The minimum Gasteiger partial charge on any atom is -0.346 e. The van der Waals surface area contributed by atoms with Crippen LogP contribution in [0.25, 0.3) is 0 Å². The second-order valence-corrected chi connectivity index (χ2v) is 8.99. The predicted octanol–water partition coefficient (Wildman–Crippen LogP) is 4.66. The molecule has 0 spiro atoms. The molecule has 7 heteroatoms. The van der Waals surface area contributed by atoms with Gasteiger partial charge in [-0.2, -0.15) is 0 Å². The van der Waals surface area contributed by atoms with Crippen LogP contribution >= 0.6 is 11.6 Å². The molecule has 0 aliphatic rings. The zero-order valence-corrected chi connectivity index (χ0v) is 17.6. The molecular formula is C22H21ClN2O3S. The summed E-state index contributed by atoms with van der Waals surface area (Å²) < 4.78 is 27.1. The summed E-state index contributed by atoms with van der Waals surface area (Å²) in [6.45, 7) is 1.85. The largest absolute Gasteiger partial charge is 0.346 e. The Labute approximate surface area is 176 Å². The summed E-state index contributed by atoms with van der Waals surface area (Å²) in [6, 6.07) is 21.7. The van der Waals surface area contributed by atoms with Gasteiger partial charge in [-0.3, -0.25) is 9.10 Å². The van der Waals surface area contributed by atoms with Gasteiger partial charge in [0, 0.05) is 17.6 Å². The molecule has 5 nitrogen and oxygen atoms in total. The Morgan fingerprint density at radius 3 is 2.28 bits per heavy atom. The average Bonchev–Trinajstić information content (AvgIpc) is 2.74. The van der Waals surface area contributed by atoms with Crippen molar-refractivity contribution in [3.05, 3.63) is 95.0 Å². The first kappa shape index (κ1) is 20.9. The second kappa shape index (κ2) is 8.68. The second-order valence-electron chi connectivity index (χ2n) is 6.58. The number of nitrogens with one attached hydrogen (secondary N) is 1. The number of hydrogen-bond acceptors (Lipinski definition) is 3. The van der Waals surface area contributed by atoms with E-state index in [0.29, 0.717) is 10.7 Å². The summed E-state index contributed by atoms with van der Waals surface area (Å²) in [5, 5.41) is 3.50. The highest BCUT2D eigenvalue weighted by molar-refractivity contribution is 7.92. The number of sulfonamides is 1. The lowest BCUT2D eigenvalue weighted by Gasteiger charge is -2.20. The van der Waals surface area contributed by atoms with Crippen molar-refractivity contribution in [2.45, 2.75) is 17.9 Å². The molecule has 1 atom stereocenters. The third-order valence-corrected chi connectivity index (χ3v) is 6.63. The molecule has 0 saturated carbocycles. The van der Waals surface area contributed by atoms with Gasteiger partial charge >= 0.3 is 0 Å². The summed E-state index contributed by atoms with van der Waals surface area (Å²) in [5.74, 6) is -0.355. The maximum atomic E-state index is 13.0. The smallest absolute Gasteiger partial charge is 0.264 e. The zero-order chi connectivity index (χ0) is 21.0. The van der Waals surface area contributed by atoms with Gasteiger partial charge in [-0.15, -0.1) is 0 Å². The van der Waals surface area contributed by atoms with Gasteiger partial charge in [-0.05, 0) is 55.0 Å². The minimum atomic E-state index is -3.79. The van der Waals surface area contributed by atoms with Crippen LogP contribution in [0.3, 0.4) is 0 Å². The summed E-state index contributed by atoms with van der Waals surface area (Å²) in [7, 11) is -2.31. The molecule has 0 aromatic heterocycles. The summed E-state index contributed by atoms with van der Waals surface area (Å²) in [6.07, 6.45) is 0. The molecular weight excluding hydrogens is 408 g/mol. The lowest BCUT2D eigenvalue weighted by Crippen LogP contribution is -2.28. The van der Waals surface area contributed by atoms with E-state index in [1.165, 1.54) is 23.5 Å². The van der Waals surface area contributed by atoms with Gasteiger partial charge in [-0.25, -0.2) is 8.42 Å². The van der Waals surface area contributed by atoms with Crippen molar-refractivity contribution in [1.29, 1.82) is 0 Å². The maximum Gasteiger partial charge on any atom is 0.264 e. The van der Waals surface area contributed by atoms with Crippen LogP contribution in [-0.4, -0.2) is 21.4 Å². The third-order valence-electron chi connectivity index (χ3n) is 4.59. The molecule has 29 heavy (non-hydrogen) atoms. The molecule has 0 heterocycles. The normalized spacial score (nSPS) is 12.2. The number of rotatable bonds is 6. The monoisotopic (exact) mass is 428 g/mol. The van der Waals surface area contributed by atoms with E-state index in [-0.39, 0.29) is 22.4 Å². The van der Waals surface area contributed by atoms with E-state index >= 15 is 0 Å². The van der Waals surface area contributed by atoms with Gasteiger partial charge in [0.1, 0.15) is 0 Å². The molecule has 0 aliphatic heterocycles. The first-order chi connectivity index (χ1) is 13.8. The SMILES string of the molecule is CC(NC(=O)c1cccc(S(=O)(=O)N(C)c2ccccc2)c1)c1ccc(Cl)cc1. The summed E-state index contributed by atoms with van der Waals surface area (Å²) in [5.41, 5.74) is 1.71. The van der Waals surface area contributed by atoms with Crippen molar-refractivity contribution >= 4 is 33.2 Å². The summed E-state index contributed by atoms with van der Waals surface area (Å²) in [4.78, 5) is 12.7. The standard InChI is InChI=1S/C22H21ClN2O3S/c1-16(17-11-13-19(23)14-12-17)24-22(26)18-7-6-10-21(15-18)29(27,28)25(2)20-8-4-3-5-9-20/h3-16H,1-2H3,(H,24,26). The molecule has 0 fully saturated rings. The number of amides is 1. The van der Waals surface area contributed by atoms with E-state index in [4.69, 9.17) is 11.6 Å². The highest BCUT2D eigenvalue weighted by Crippen LogP contribution is 2.23. The number of carbonyl (C=O) groups excluding carboxylic acids is 1. The minimum absolute atomic E-state index is 0.0515. The predicted molar refractivity (Wildman–Crippen MR) is 116 cm³/mol. The molecule has 0 bridgehead atoms. The van der Waals surface area contributed by atoms with Crippen LogP contribution in [0.1, 0.15) is 28.9 Å². The quantitative estimate of drug-likeness (QED) is 0.621. The molecule has 0 radical (unpaired) electrons. The van der Waals surface area contributed by atoms with Crippen molar-refractivity contribution < 1.29 is 13.2 Å². The Balaban J connectivity index is 1.81.